The van der Waals surface area contributed by atoms with Gasteiger partial charge in [-0.2, -0.15) is 0 Å². The largest absolute Gasteiger partial charge is 0.391 e. The molecule has 0 radical (unpaired) electrons. The van der Waals surface area contributed by atoms with E-state index in [2.05, 4.69) is 12.3 Å². The lowest BCUT2D eigenvalue weighted by Gasteiger charge is -2.47. The summed E-state index contributed by atoms with van der Waals surface area (Å²) in [6.45, 7) is 6.74. The van der Waals surface area contributed by atoms with Crippen molar-refractivity contribution in [3.8, 4) is 0 Å². The van der Waals surface area contributed by atoms with Gasteiger partial charge in [-0.05, 0) is 19.4 Å². The Kier molecular flexibility index (Phi) is 8.50. The number of hydrogen-bond acceptors (Lipinski definition) is 12. The zero-order valence-electron chi connectivity index (χ0n) is 18.8. The van der Waals surface area contributed by atoms with Crippen LogP contribution in [0.1, 0.15) is 20.3 Å². The van der Waals surface area contributed by atoms with E-state index >= 15 is 0 Å². The van der Waals surface area contributed by atoms with Gasteiger partial charge in [0.15, 0.2) is 12.6 Å². The molecule has 33 heavy (non-hydrogen) atoms. The van der Waals surface area contributed by atoms with Gasteiger partial charge < -0.3 is 66.8 Å². The molecular formula is C20H38N3O10+. The molecule has 1 saturated carbocycles. The second kappa shape index (κ2) is 10.5. The van der Waals surface area contributed by atoms with E-state index in [1.54, 1.807) is 6.92 Å². The maximum Gasteiger partial charge on any atom is 0.187 e. The third-order valence-electron chi connectivity index (χ3n) is 6.59. The fraction of sp³-hybridized carbons (Fsp3) is 0.900. The lowest BCUT2D eigenvalue weighted by Crippen LogP contribution is -2.76. The summed E-state index contributed by atoms with van der Waals surface area (Å²) in [6, 6.07) is -2.45. The van der Waals surface area contributed by atoms with Crippen LogP contribution in [0, 0.1) is 0 Å². The van der Waals surface area contributed by atoms with Gasteiger partial charge in [-0.1, -0.05) is 6.58 Å². The fourth-order valence-corrected chi connectivity index (χ4v) is 4.57. The molecule has 13 heteroatoms. The zero-order valence-corrected chi connectivity index (χ0v) is 18.8. The Morgan fingerprint density at radius 2 is 1.55 bits per heavy atom. The van der Waals surface area contributed by atoms with Crippen LogP contribution in [0.2, 0.25) is 0 Å². The van der Waals surface area contributed by atoms with Crippen LogP contribution in [0.4, 0.5) is 0 Å². The van der Waals surface area contributed by atoms with Gasteiger partial charge in [-0.3, -0.25) is 0 Å². The highest BCUT2D eigenvalue weighted by Crippen LogP contribution is 2.33. The number of quaternary nitrogens is 1. The molecule has 3 rings (SSSR count). The molecule has 13 nitrogen and oxygen atoms in total. The van der Waals surface area contributed by atoms with E-state index in [-0.39, 0.29) is 6.42 Å². The SMILES string of the molecule is C=C(C)C1OC(OC2C(O)C([NH3+])CC(N)C2OC2OC(C(C)O)C(O)C(O)C2N)C(O)C1O. The van der Waals surface area contributed by atoms with E-state index in [1.807, 2.05) is 0 Å². The molecule has 0 spiro atoms. The number of ether oxygens (including phenoxy) is 4. The Morgan fingerprint density at radius 3 is 2.09 bits per heavy atom. The first-order valence-corrected chi connectivity index (χ1v) is 11.0. The third kappa shape index (κ3) is 5.26. The number of hydrogen-bond donors (Lipinski definition) is 9. The molecule has 192 valence electrons. The monoisotopic (exact) mass is 480 g/mol. The second-order valence-electron chi connectivity index (χ2n) is 9.37. The standard InChI is InChI=1S/C20H37N3O10/c1-5(2)15-13(28)14(29)20(30-15)33-18-10(25)7(21)4-8(22)17(18)32-19-9(23)11(26)12(27)16(31-19)6(3)24/h6-20,24-29H,1,4,21-23H2,2-3H3/p+1. The summed E-state index contributed by atoms with van der Waals surface area (Å²) < 4.78 is 23.0. The predicted molar refractivity (Wildman–Crippen MR) is 111 cm³/mol. The van der Waals surface area contributed by atoms with E-state index in [4.69, 9.17) is 30.4 Å². The molecule has 1 aliphatic carbocycles. The van der Waals surface area contributed by atoms with Crippen LogP contribution < -0.4 is 17.2 Å². The van der Waals surface area contributed by atoms with Crippen molar-refractivity contribution in [3.63, 3.8) is 0 Å². The number of aliphatic hydroxyl groups is 6. The first kappa shape index (κ1) is 26.8. The smallest absolute Gasteiger partial charge is 0.187 e. The molecule has 0 amide bonds. The Bertz CT molecular complexity index is 686. The summed E-state index contributed by atoms with van der Waals surface area (Å²) in [6.07, 6.45) is -14.6. The normalized spacial score (nSPS) is 52.0. The predicted octanol–water partition coefficient (Wildman–Crippen LogP) is -5.36. The molecule has 15 atom stereocenters. The second-order valence-corrected chi connectivity index (χ2v) is 9.37. The van der Waals surface area contributed by atoms with Gasteiger partial charge in [0.2, 0.25) is 0 Å². The molecule has 2 saturated heterocycles. The quantitative estimate of drug-likeness (QED) is 0.162. The molecule has 0 aromatic heterocycles. The summed E-state index contributed by atoms with van der Waals surface area (Å²) in [7, 11) is 0. The van der Waals surface area contributed by atoms with Crippen LogP contribution in [0.25, 0.3) is 0 Å². The van der Waals surface area contributed by atoms with Gasteiger partial charge in [0, 0.05) is 12.5 Å². The van der Waals surface area contributed by atoms with Gasteiger partial charge in [0.25, 0.3) is 0 Å². The lowest BCUT2D eigenvalue weighted by molar-refractivity contribution is -0.458. The van der Waals surface area contributed by atoms with Crippen LogP contribution in [0.5, 0.6) is 0 Å². The summed E-state index contributed by atoms with van der Waals surface area (Å²) in [5.41, 5.74) is 16.6. The number of nitrogens with two attached hydrogens (primary N) is 2. The minimum atomic E-state index is -1.46. The van der Waals surface area contributed by atoms with Crippen molar-refractivity contribution in [3.05, 3.63) is 12.2 Å². The molecular weight excluding hydrogens is 442 g/mol. The topological polar surface area (TPSA) is 238 Å². The lowest BCUT2D eigenvalue weighted by atomic mass is 9.84. The Labute approximate surface area is 191 Å². The van der Waals surface area contributed by atoms with Crippen molar-refractivity contribution in [2.45, 2.75) is 112 Å². The fourth-order valence-electron chi connectivity index (χ4n) is 4.57. The Balaban J connectivity index is 1.80. The van der Waals surface area contributed by atoms with E-state index < -0.39 is 91.7 Å². The highest BCUT2D eigenvalue weighted by atomic mass is 16.7. The van der Waals surface area contributed by atoms with Crippen LogP contribution in [-0.4, -0.2) is 122 Å². The average Bonchev–Trinajstić information content (AvgIpc) is 3.02. The maximum atomic E-state index is 10.8. The summed E-state index contributed by atoms with van der Waals surface area (Å²) in [5.74, 6) is 0. The van der Waals surface area contributed by atoms with Crippen molar-refractivity contribution >= 4 is 0 Å². The van der Waals surface area contributed by atoms with Crippen LogP contribution >= 0.6 is 0 Å². The Hall–Kier alpha value is -0.780. The molecule has 3 aliphatic rings. The van der Waals surface area contributed by atoms with Crippen LogP contribution in [0.15, 0.2) is 12.2 Å². The molecule has 15 unspecified atom stereocenters. The van der Waals surface area contributed by atoms with E-state index in [0.717, 1.165) is 0 Å². The van der Waals surface area contributed by atoms with E-state index in [0.29, 0.717) is 5.57 Å². The average molecular weight is 481 g/mol. The van der Waals surface area contributed by atoms with E-state index in [1.165, 1.54) is 6.92 Å². The van der Waals surface area contributed by atoms with Crippen LogP contribution in [0.3, 0.4) is 0 Å². The van der Waals surface area contributed by atoms with Crippen molar-refractivity contribution in [1.29, 1.82) is 0 Å². The van der Waals surface area contributed by atoms with Gasteiger partial charge in [-0.25, -0.2) is 0 Å². The van der Waals surface area contributed by atoms with Gasteiger partial charge >= 0.3 is 0 Å². The number of rotatable bonds is 6. The van der Waals surface area contributed by atoms with Crippen LogP contribution in [-0.2, 0) is 18.9 Å². The highest BCUT2D eigenvalue weighted by Gasteiger charge is 2.53. The molecule has 0 aromatic carbocycles. The first-order valence-electron chi connectivity index (χ1n) is 11.0. The van der Waals surface area contributed by atoms with Crippen molar-refractivity contribution < 1.29 is 55.3 Å². The minimum Gasteiger partial charge on any atom is -0.391 e. The van der Waals surface area contributed by atoms with Gasteiger partial charge in [-0.15, -0.1) is 0 Å². The third-order valence-corrected chi connectivity index (χ3v) is 6.59. The molecule has 13 N–H and O–H groups in total. The first-order chi connectivity index (χ1) is 15.3. The van der Waals surface area contributed by atoms with Crippen molar-refractivity contribution in [2.24, 2.45) is 11.5 Å². The molecule has 0 bridgehead atoms. The summed E-state index contributed by atoms with van der Waals surface area (Å²) in [4.78, 5) is 0. The molecule has 3 fully saturated rings. The van der Waals surface area contributed by atoms with Gasteiger partial charge in [0.05, 0.1) is 12.1 Å². The summed E-state index contributed by atoms with van der Waals surface area (Å²) in [5, 5.41) is 61.8. The Morgan fingerprint density at radius 1 is 0.939 bits per heavy atom. The number of aliphatic hydroxyl groups excluding tert-OH is 6. The van der Waals surface area contributed by atoms with Gasteiger partial charge in [0.1, 0.15) is 61.0 Å². The highest BCUT2D eigenvalue weighted by molar-refractivity contribution is 5.08. The summed E-state index contributed by atoms with van der Waals surface area (Å²) >= 11 is 0. The molecule has 2 heterocycles. The zero-order chi connectivity index (χ0) is 24.8. The molecule has 2 aliphatic heterocycles. The van der Waals surface area contributed by atoms with Crippen molar-refractivity contribution in [2.75, 3.05) is 0 Å². The maximum absolute atomic E-state index is 10.8. The minimum absolute atomic E-state index is 0.254. The molecule has 0 aromatic rings. The van der Waals surface area contributed by atoms with E-state index in [9.17, 15) is 30.6 Å². The van der Waals surface area contributed by atoms with Crippen molar-refractivity contribution in [1.82, 2.24) is 0 Å².